The van der Waals surface area contributed by atoms with Crippen LogP contribution in [0.4, 0.5) is 0 Å². The van der Waals surface area contributed by atoms with E-state index in [1.165, 1.54) is 0 Å². The summed E-state index contributed by atoms with van der Waals surface area (Å²) in [6.45, 7) is 5.57. The van der Waals surface area contributed by atoms with Gasteiger partial charge in [0.15, 0.2) is 5.82 Å². The number of carbonyl (C=O) groups is 1. The van der Waals surface area contributed by atoms with Crippen molar-refractivity contribution >= 4 is 17.7 Å². The maximum Gasteiger partial charge on any atom is 0.223 e. The fourth-order valence-corrected chi connectivity index (χ4v) is 2.32. The van der Waals surface area contributed by atoms with E-state index in [4.69, 9.17) is 0 Å². The zero-order valence-corrected chi connectivity index (χ0v) is 11.4. The molecule has 0 aliphatic rings. The molecule has 1 amide bonds. The second-order valence-electron chi connectivity index (χ2n) is 3.59. The van der Waals surface area contributed by atoms with Crippen LogP contribution in [0, 0.1) is 0 Å². The number of hydrogen-bond acceptors (Lipinski definition) is 5. The number of thioether (sulfide) groups is 1. The Bertz CT molecular complexity index is 350. The summed E-state index contributed by atoms with van der Waals surface area (Å²) in [6.07, 6.45) is 0.581. The van der Waals surface area contributed by atoms with Crippen LogP contribution < -0.4 is 0 Å². The Morgan fingerprint density at radius 3 is 2.65 bits per heavy atom. The van der Waals surface area contributed by atoms with Gasteiger partial charge in [-0.05, 0) is 24.3 Å². The van der Waals surface area contributed by atoms with Gasteiger partial charge in [0.2, 0.25) is 5.91 Å². The number of hydrogen-bond donors (Lipinski definition) is 0. The summed E-state index contributed by atoms with van der Waals surface area (Å²) in [5, 5.41) is 11.2. The first kappa shape index (κ1) is 14.0. The Morgan fingerprint density at radius 1 is 1.41 bits per heavy atom. The van der Waals surface area contributed by atoms with Crippen LogP contribution in [0.5, 0.6) is 0 Å². The lowest BCUT2D eigenvalue weighted by molar-refractivity contribution is -0.130. The number of aromatic nitrogens is 4. The normalized spacial score (nSPS) is 10.5. The van der Waals surface area contributed by atoms with Gasteiger partial charge in [-0.2, -0.15) is 11.8 Å². The Kier molecular flexibility index (Phi) is 5.96. The largest absolute Gasteiger partial charge is 0.343 e. The fraction of sp³-hybridized carbons (Fsp3) is 0.800. The highest BCUT2D eigenvalue weighted by molar-refractivity contribution is 7.98. The minimum Gasteiger partial charge on any atom is -0.343 e. The van der Waals surface area contributed by atoms with Crippen molar-refractivity contribution in [2.75, 3.05) is 18.8 Å². The van der Waals surface area contributed by atoms with Crippen molar-refractivity contribution in [3.8, 4) is 0 Å². The minimum absolute atomic E-state index is 0.221. The summed E-state index contributed by atoms with van der Waals surface area (Å²) >= 11 is 1.68. The molecule has 0 N–H and O–H groups in total. The lowest BCUT2D eigenvalue weighted by Crippen LogP contribution is -2.30. The molecule has 0 atom stereocenters. The molecule has 6 nitrogen and oxygen atoms in total. The van der Waals surface area contributed by atoms with Gasteiger partial charge in [-0.3, -0.25) is 4.79 Å². The molecule has 1 rings (SSSR count). The molecule has 1 heterocycles. The van der Waals surface area contributed by atoms with E-state index in [0.29, 0.717) is 6.42 Å². The van der Waals surface area contributed by atoms with Gasteiger partial charge in [0.25, 0.3) is 0 Å². The Morgan fingerprint density at radius 2 is 2.12 bits per heavy atom. The summed E-state index contributed by atoms with van der Waals surface area (Å²) < 4.78 is 1.65. The van der Waals surface area contributed by atoms with Crippen LogP contribution in [0.25, 0.3) is 0 Å². The molecule has 17 heavy (non-hydrogen) atoms. The van der Waals surface area contributed by atoms with Crippen molar-refractivity contribution in [3.63, 3.8) is 0 Å². The summed E-state index contributed by atoms with van der Waals surface area (Å²) in [7, 11) is 1.82. The highest BCUT2D eigenvalue weighted by Crippen LogP contribution is 2.10. The third kappa shape index (κ3) is 4.33. The molecule has 0 bridgehead atoms. The Hall–Kier alpha value is -1.11. The van der Waals surface area contributed by atoms with Gasteiger partial charge >= 0.3 is 0 Å². The van der Waals surface area contributed by atoms with Crippen LogP contribution >= 0.6 is 11.8 Å². The van der Waals surface area contributed by atoms with Gasteiger partial charge in [0, 0.05) is 32.3 Å². The second-order valence-corrected chi connectivity index (χ2v) is 4.69. The molecule has 0 aromatic carbocycles. The SMILES string of the molecule is CCN(CC)C(=O)CCSCc1nnnn1C. The van der Waals surface area contributed by atoms with Gasteiger partial charge in [0.05, 0.1) is 5.75 Å². The quantitative estimate of drug-likeness (QED) is 0.673. The van der Waals surface area contributed by atoms with Gasteiger partial charge < -0.3 is 4.90 Å². The molecule has 96 valence electrons. The molecular formula is C10H19N5OS. The van der Waals surface area contributed by atoms with E-state index in [2.05, 4.69) is 15.5 Å². The van der Waals surface area contributed by atoms with E-state index < -0.39 is 0 Å². The van der Waals surface area contributed by atoms with Crippen molar-refractivity contribution in [2.45, 2.75) is 26.0 Å². The number of nitrogens with zero attached hydrogens (tertiary/aromatic N) is 5. The number of tetrazole rings is 1. The summed E-state index contributed by atoms with van der Waals surface area (Å²) in [5.41, 5.74) is 0. The fourth-order valence-electron chi connectivity index (χ4n) is 1.43. The highest BCUT2D eigenvalue weighted by atomic mass is 32.2. The third-order valence-corrected chi connectivity index (χ3v) is 3.47. The van der Waals surface area contributed by atoms with Gasteiger partial charge in [-0.1, -0.05) is 0 Å². The molecule has 0 spiro atoms. The zero-order chi connectivity index (χ0) is 12.7. The number of carbonyl (C=O) groups excluding carboxylic acids is 1. The predicted molar refractivity (Wildman–Crippen MR) is 67.5 cm³/mol. The Labute approximate surface area is 106 Å². The lowest BCUT2D eigenvalue weighted by Gasteiger charge is -2.18. The third-order valence-electron chi connectivity index (χ3n) is 2.52. The van der Waals surface area contributed by atoms with E-state index in [1.807, 2.05) is 25.8 Å². The average molecular weight is 257 g/mol. The molecule has 0 aliphatic carbocycles. The zero-order valence-electron chi connectivity index (χ0n) is 10.6. The van der Waals surface area contributed by atoms with Crippen LogP contribution in [0.2, 0.25) is 0 Å². The monoisotopic (exact) mass is 257 g/mol. The average Bonchev–Trinajstić information content (AvgIpc) is 2.72. The molecule has 0 fully saturated rings. The molecule has 0 unspecified atom stereocenters. The predicted octanol–water partition coefficient (Wildman–Crippen LogP) is 0.702. The van der Waals surface area contributed by atoms with Gasteiger partial charge in [-0.15, -0.1) is 5.10 Å². The van der Waals surface area contributed by atoms with E-state index in [9.17, 15) is 4.79 Å². The van der Waals surface area contributed by atoms with Crippen LogP contribution in [0.15, 0.2) is 0 Å². The first-order valence-corrected chi connectivity index (χ1v) is 6.91. The van der Waals surface area contributed by atoms with Crippen LogP contribution in [-0.4, -0.2) is 49.9 Å². The number of aryl methyl sites for hydroxylation is 1. The van der Waals surface area contributed by atoms with E-state index in [0.717, 1.165) is 30.4 Å². The molecule has 0 aliphatic heterocycles. The second kappa shape index (κ2) is 7.26. The summed E-state index contributed by atoms with van der Waals surface area (Å²) in [4.78, 5) is 13.6. The maximum atomic E-state index is 11.7. The van der Waals surface area contributed by atoms with Crippen molar-refractivity contribution < 1.29 is 4.79 Å². The van der Waals surface area contributed by atoms with Crippen molar-refractivity contribution in [3.05, 3.63) is 5.82 Å². The minimum atomic E-state index is 0.221. The molecule has 1 aromatic rings. The van der Waals surface area contributed by atoms with Crippen LogP contribution in [-0.2, 0) is 17.6 Å². The Balaban J connectivity index is 2.20. The standard InChI is InChI=1S/C10H19N5OS/c1-4-15(5-2)10(16)6-7-17-8-9-11-12-13-14(9)3/h4-8H2,1-3H3. The first-order chi connectivity index (χ1) is 8.19. The first-order valence-electron chi connectivity index (χ1n) is 5.75. The number of rotatable bonds is 7. The van der Waals surface area contributed by atoms with E-state index in [-0.39, 0.29) is 5.91 Å². The number of amides is 1. The maximum absolute atomic E-state index is 11.7. The highest BCUT2D eigenvalue weighted by Gasteiger charge is 2.09. The van der Waals surface area contributed by atoms with Gasteiger partial charge in [-0.25, -0.2) is 4.68 Å². The molecule has 0 saturated heterocycles. The molecule has 7 heteroatoms. The van der Waals surface area contributed by atoms with Crippen molar-refractivity contribution in [1.29, 1.82) is 0 Å². The van der Waals surface area contributed by atoms with Gasteiger partial charge in [0.1, 0.15) is 0 Å². The summed E-state index contributed by atoms with van der Waals surface area (Å²) in [5.74, 6) is 2.61. The van der Waals surface area contributed by atoms with Crippen molar-refractivity contribution in [1.82, 2.24) is 25.1 Å². The summed E-state index contributed by atoms with van der Waals surface area (Å²) in [6, 6.07) is 0. The molecule has 0 radical (unpaired) electrons. The lowest BCUT2D eigenvalue weighted by atomic mass is 10.4. The van der Waals surface area contributed by atoms with Crippen LogP contribution in [0.3, 0.4) is 0 Å². The molecule has 1 aromatic heterocycles. The molecule has 0 saturated carbocycles. The van der Waals surface area contributed by atoms with Crippen molar-refractivity contribution in [2.24, 2.45) is 7.05 Å². The molecular weight excluding hydrogens is 238 g/mol. The smallest absolute Gasteiger partial charge is 0.223 e. The van der Waals surface area contributed by atoms with E-state index in [1.54, 1.807) is 16.4 Å². The topological polar surface area (TPSA) is 63.9 Å². The van der Waals surface area contributed by atoms with Crippen LogP contribution in [0.1, 0.15) is 26.1 Å². The van der Waals surface area contributed by atoms with E-state index >= 15 is 0 Å².